The summed E-state index contributed by atoms with van der Waals surface area (Å²) in [5.41, 5.74) is -0.0754. The maximum absolute atomic E-state index is 11.7. The van der Waals surface area contributed by atoms with Crippen molar-refractivity contribution in [3.63, 3.8) is 0 Å². The van der Waals surface area contributed by atoms with Gasteiger partial charge in [0.1, 0.15) is 5.82 Å². The Bertz CT molecular complexity index is 497. The van der Waals surface area contributed by atoms with E-state index in [1.54, 1.807) is 12.1 Å². The number of hydrogen-bond donors (Lipinski definition) is 2. The number of aromatic carboxylic acids is 1. The van der Waals surface area contributed by atoms with Crippen molar-refractivity contribution < 1.29 is 14.7 Å². The Kier molecular flexibility index (Phi) is 3.72. The number of anilines is 1. The SMILES string of the molecule is O=C(CC1C=CCC1)Nc1cccc(C(=O)O)n1. The zero-order valence-corrected chi connectivity index (χ0v) is 9.80. The second-order valence-electron chi connectivity index (χ2n) is 4.23. The van der Waals surface area contributed by atoms with Crippen LogP contribution >= 0.6 is 0 Å². The lowest BCUT2D eigenvalue weighted by atomic mass is 10.1. The Balaban J connectivity index is 1.95. The van der Waals surface area contributed by atoms with E-state index in [2.05, 4.69) is 16.4 Å². The average molecular weight is 246 g/mol. The maximum Gasteiger partial charge on any atom is 0.354 e. The number of pyridine rings is 1. The molecule has 0 aliphatic heterocycles. The largest absolute Gasteiger partial charge is 0.477 e. The van der Waals surface area contributed by atoms with Crippen LogP contribution in [0.5, 0.6) is 0 Å². The number of nitrogens with one attached hydrogen (secondary N) is 1. The van der Waals surface area contributed by atoms with Crippen LogP contribution in [0, 0.1) is 5.92 Å². The minimum Gasteiger partial charge on any atom is -0.477 e. The summed E-state index contributed by atoms with van der Waals surface area (Å²) < 4.78 is 0. The van der Waals surface area contributed by atoms with Crippen LogP contribution in [-0.2, 0) is 4.79 Å². The predicted octanol–water partition coefficient (Wildman–Crippen LogP) is 2.07. The van der Waals surface area contributed by atoms with Gasteiger partial charge in [-0.3, -0.25) is 4.79 Å². The van der Waals surface area contributed by atoms with Crippen LogP contribution in [0.15, 0.2) is 30.4 Å². The minimum atomic E-state index is -1.11. The Morgan fingerprint density at radius 2 is 2.28 bits per heavy atom. The monoisotopic (exact) mass is 246 g/mol. The molecule has 0 spiro atoms. The molecule has 1 heterocycles. The molecule has 2 rings (SSSR count). The van der Waals surface area contributed by atoms with E-state index >= 15 is 0 Å². The second-order valence-corrected chi connectivity index (χ2v) is 4.23. The van der Waals surface area contributed by atoms with Crippen LogP contribution in [0.4, 0.5) is 5.82 Å². The number of carboxylic acid groups (broad SMARTS) is 1. The molecule has 1 aliphatic rings. The fraction of sp³-hybridized carbons (Fsp3) is 0.308. The van der Waals surface area contributed by atoms with E-state index in [1.807, 2.05) is 6.08 Å². The highest BCUT2D eigenvalue weighted by Crippen LogP contribution is 2.20. The number of amides is 1. The molecule has 0 saturated heterocycles. The quantitative estimate of drug-likeness (QED) is 0.797. The van der Waals surface area contributed by atoms with Crippen molar-refractivity contribution in [2.75, 3.05) is 5.32 Å². The molecule has 0 saturated carbocycles. The number of carbonyl (C=O) groups excluding carboxylic acids is 1. The summed E-state index contributed by atoms with van der Waals surface area (Å²) in [5, 5.41) is 11.4. The summed E-state index contributed by atoms with van der Waals surface area (Å²) in [7, 11) is 0. The molecule has 1 unspecified atom stereocenters. The number of allylic oxidation sites excluding steroid dienone is 2. The van der Waals surface area contributed by atoms with Gasteiger partial charge < -0.3 is 10.4 Å². The first-order chi connectivity index (χ1) is 8.65. The molecule has 1 aliphatic carbocycles. The van der Waals surface area contributed by atoms with E-state index in [-0.39, 0.29) is 23.3 Å². The van der Waals surface area contributed by atoms with Crippen molar-refractivity contribution in [3.05, 3.63) is 36.0 Å². The lowest BCUT2D eigenvalue weighted by Crippen LogP contribution is -2.16. The third kappa shape index (κ3) is 3.16. The summed E-state index contributed by atoms with van der Waals surface area (Å²) >= 11 is 0. The molecule has 1 atom stereocenters. The molecule has 1 aromatic heterocycles. The predicted molar refractivity (Wildman–Crippen MR) is 66.3 cm³/mol. The average Bonchev–Trinajstić information content (AvgIpc) is 2.82. The topological polar surface area (TPSA) is 79.3 Å². The van der Waals surface area contributed by atoms with Gasteiger partial charge in [0.15, 0.2) is 5.69 Å². The lowest BCUT2D eigenvalue weighted by molar-refractivity contribution is -0.116. The summed E-state index contributed by atoms with van der Waals surface area (Å²) in [4.78, 5) is 26.3. The van der Waals surface area contributed by atoms with Crippen molar-refractivity contribution in [1.82, 2.24) is 4.98 Å². The van der Waals surface area contributed by atoms with E-state index < -0.39 is 5.97 Å². The van der Waals surface area contributed by atoms with Crippen LogP contribution < -0.4 is 5.32 Å². The van der Waals surface area contributed by atoms with E-state index in [0.717, 1.165) is 12.8 Å². The molecule has 18 heavy (non-hydrogen) atoms. The first-order valence-corrected chi connectivity index (χ1v) is 5.82. The van der Waals surface area contributed by atoms with Gasteiger partial charge in [-0.1, -0.05) is 18.2 Å². The molecule has 1 amide bonds. The zero-order chi connectivity index (χ0) is 13.0. The molecule has 94 valence electrons. The molecule has 5 heteroatoms. The van der Waals surface area contributed by atoms with E-state index in [9.17, 15) is 9.59 Å². The summed E-state index contributed by atoms with van der Waals surface area (Å²) in [6.45, 7) is 0. The number of hydrogen-bond acceptors (Lipinski definition) is 3. The van der Waals surface area contributed by atoms with Gasteiger partial charge >= 0.3 is 5.97 Å². The third-order valence-electron chi connectivity index (χ3n) is 2.80. The maximum atomic E-state index is 11.7. The van der Waals surface area contributed by atoms with Crippen molar-refractivity contribution >= 4 is 17.7 Å². The molecule has 0 fully saturated rings. The van der Waals surface area contributed by atoms with Gasteiger partial charge in [0.05, 0.1) is 0 Å². The van der Waals surface area contributed by atoms with E-state index in [0.29, 0.717) is 6.42 Å². The van der Waals surface area contributed by atoms with Gasteiger partial charge in [0, 0.05) is 6.42 Å². The molecule has 0 aromatic carbocycles. The van der Waals surface area contributed by atoms with Crippen molar-refractivity contribution in [3.8, 4) is 0 Å². The molecular weight excluding hydrogens is 232 g/mol. The first-order valence-electron chi connectivity index (χ1n) is 5.82. The fourth-order valence-corrected chi connectivity index (χ4v) is 1.92. The number of aromatic nitrogens is 1. The molecule has 1 aromatic rings. The van der Waals surface area contributed by atoms with Crippen LogP contribution in [-0.4, -0.2) is 22.0 Å². The second kappa shape index (κ2) is 5.44. The van der Waals surface area contributed by atoms with Crippen LogP contribution in [0.1, 0.15) is 29.8 Å². The number of carboxylic acids is 1. The normalized spacial score (nSPS) is 17.7. The molecule has 2 N–H and O–H groups in total. The van der Waals surface area contributed by atoms with Crippen LogP contribution in [0.25, 0.3) is 0 Å². The smallest absolute Gasteiger partial charge is 0.354 e. The highest BCUT2D eigenvalue weighted by Gasteiger charge is 2.14. The Morgan fingerprint density at radius 1 is 1.44 bits per heavy atom. The number of nitrogens with zero attached hydrogens (tertiary/aromatic N) is 1. The summed E-state index contributed by atoms with van der Waals surface area (Å²) in [6, 6.07) is 4.52. The van der Waals surface area contributed by atoms with Crippen LogP contribution in [0.3, 0.4) is 0 Å². The van der Waals surface area contributed by atoms with Gasteiger partial charge in [-0.25, -0.2) is 9.78 Å². The minimum absolute atomic E-state index is 0.0754. The first kappa shape index (κ1) is 12.3. The summed E-state index contributed by atoms with van der Waals surface area (Å²) in [6.07, 6.45) is 6.54. The Hall–Kier alpha value is -2.17. The van der Waals surface area contributed by atoms with E-state index in [1.165, 1.54) is 6.07 Å². The highest BCUT2D eigenvalue weighted by molar-refractivity contribution is 5.91. The Morgan fingerprint density at radius 3 is 2.94 bits per heavy atom. The molecule has 5 nitrogen and oxygen atoms in total. The van der Waals surface area contributed by atoms with Crippen molar-refractivity contribution in [2.24, 2.45) is 5.92 Å². The standard InChI is InChI=1S/C13H14N2O3/c16-12(8-9-4-1-2-5-9)15-11-7-3-6-10(14-11)13(17)18/h1,3-4,6-7,9H,2,5,8H2,(H,17,18)(H,14,15,16). The molecular formula is C13H14N2O3. The van der Waals surface area contributed by atoms with Gasteiger partial charge in [0.25, 0.3) is 0 Å². The van der Waals surface area contributed by atoms with E-state index in [4.69, 9.17) is 5.11 Å². The van der Waals surface area contributed by atoms with Crippen molar-refractivity contribution in [1.29, 1.82) is 0 Å². The summed E-state index contributed by atoms with van der Waals surface area (Å²) in [5.74, 6) is -0.680. The lowest BCUT2D eigenvalue weighted by Gasteiger charge is -2.08. The number of rotatable bonds is 4. The highest BCUT2D eigenvalue weighted by atomic mass is 16.4. The fourth-order valence-electron chi connectivity index (χ4n) is 1.92. The number of carbonyl (C=O) groups is 2. The van der Waals surface area contributed by atoms with Crippen molar-refractivity contribution in [2.45, 2.75) is 19.3 Å². The Labute approximate surface area is 105 Å². The van der Waals surface area contributed by atoms with Gasteiger partial charge in [0.2, 0.25) is 5.91 Å². The molecule has 0 radical (unpaired) electrons. The van der Waals surface area contributed by atoms with Crippen LogP contribution in [0.2, 0.25) is 0 Å². The van der Waals surface area contributed by atoms with Gasteiger partial charge in [-0.15, -0.1) is 0 Å². The zero-order valence-electron chi connectivity index (χ0n) is 9.80. The molecule has 0 bridgehead atoms. The van der Waals surface area contributed by atoms with Gasteiger partial charge in [-0.2, -0.15) is 0 Å². The van der Waals surface area contributed by atoms with Gasteiger partial charge in [-0.05, 0) is 30.9 Å². The third-order valence-corrected chi connectivity index (χ3v) is 2.80.